The van der Waals surface area contributed by atoms with Gasteiger partial charge in [0.25, 0.3) is 0 Å². The van der Waals surface area contributed by atoms with Crippen molar-refractivity contribution in [2.45, 2.75) is 58.6 Å². The van der Waals surface area contributed by atoms with Crippen LogP contribution in [0.25, 0.3) is 0 Å². The van der Waals surface area contributed by atoms with Crippen molar-refractivity contribution in [1.82, 2.24) is 0 Å². The second-order valence-corrected chi connectivity index (χ2v) is 9.84. The Hall–Kier alpha value is -0.490. The molecule has 0 aromatic carbocycles. The second-order valence-electron chi connectivity index (χ2n) is 6.40. The van der Waals surface area contributed by atoms with Gasteiger partial charge in [-0.1, -0.05) is 6.92 Å². The number of hydrogen-bond acceptors (Lipinski definition) is 6. The summed E-state index contributed by atoms with van der Waals surface area (Å²) in [5, 5.41) is -0.568. The molecule has 6 nitrogen and oxygen atoms in total. The summed E-state index contributed by atoms with van der Waals surface area (Å²) in [7, 11) is -5.07. The summed E-state index contributed by atoms with van der Waals surface area (Å²) in [6.45, 7) is 7.15. The average Bonchev–Trinajstić information content (AvgIpc) is 3.02. The Morgan fingerprint density at radius 3 is 2.40 bits per heavy atom. The van der Waals surface area contributed by atoms with Gasteiger partial charge in [0.2, 0.25) is 0 Å². The minimum Gasteiger partial charge on any atom is -0.407 e. The lowest BCUT2D eigenvalue weighted by atomic mass is 9.79. The van der Waals surface area contributed by atoms with E-state index < -0.39 is 23.9 Å². The van der Waals surface area contributed by atoms with Crippen molar-refractivity contribution in [3.63, 3.8) is 0 Å². The molecule has 0 aliphatic heterocycles. The predicted octanol–water partition coefficient (Wildman–Crippen LogP) is 3.98. The molecule has 1 unspecified atom stereocenters. The zero-order chi connectivity index (χ0) is 18.6. The minimum atomic E-state index is -3.78. The van der Waals surface area contributed by atoms with Gasteiger partial charge in [-0.3, -0.25) is 18.1 Å². The molecule has 1 fully saturated rings. The Morgan fingerprint density at radius 1 is 1.24 bits per heavy atom. The van der Waals surface area contributed by atoms with Crippen molar-refractivity contribution >= 4 is 24.4 Å². The van der Waals surface area contributed by atoms with E-state index in [9.17, 15) is 13.6 Å². The van der Waals surface area contributed by atoms with Crippen molar-refractivity contribution in [1.29, 1.82) is 0 Å². The zero-order valence-corrected chi connectivity index (χ0v) is 17.2. The molecule has 2 aliphatic carbocycles. The summed E-state index contributed by atoms with van der Waals surface area (Å²) >= 11 is 0. The Bertz CT molecular complexity index is 592. The number of fused-ring (bicyclic) bond motifs is 1. The van der Waals surface area contributed by atoms with E-state index in [2.05, 4.69) is 0 Å². The number of ketones is 1. The normalized spacial score (nSPS) is 27.9. The largest absolute Gasteiger partial charge is 0.529 e. The molecule has 1 saturated carbocycles. The van der Waals surface area contributed by atoms with Gasteiger partial charge < -0.3 is 4.52 Å². The third-order valence-corrected chi connectivity index (χ3v) is 8.09. The number of rotatable bonds is 9. The fourth-order valence-electron chi connectivity index (χ4n) is 3.80. The summed E-state index contributed by atoms with van der Waals surface area (Å²) in [5.74, 6) is 0.693. The van der Waals surface area contributed by atoms with Gasteiger partial charge in [-0.2, -0.15) is 0 Å². The molecule has 0 heterocycles. The average molecular weight is 392 g/mol. The maximum Gasteiger partial charge on any atom is 0.529 e. The zero-order valence-electron chi connectivity index (χ0n) is 15.5. The highest BCUT2D eigenvalue weighted by Crippen LogP contribution is 2.56. The van der Waals surface area contributed by atoms with Crippen LogP contribution in [0.15, 0.2) is 11.3 Å². The highest BCUT2D eigenvalue weighted by atomic mass is 32.2. The Labute approximate surface area is 152 Å². The molecule has 8 heteroatoms. The van der Waals surface area contributed by atoms with Crippen LogP contribution in [0.2, 0.25) is 0 Å². The maximum atomic E-state index is 12.9. The van der Waals surface area contributed by atoms with Crippen molar-refractivity contribution in [3.8, 4) is 0 Å². The van der Waals surface area contributed by atoms with E-state index in [-0.39, 0.29) is 30.8 Å². The SMILES string of the molecule is CCOP(=O)(OCC)OC1=C2CCC[C@@H]2C[C@H](C(C)=O)[C@@H]1S(=O)CC. The summed E-state index contributed by atoms with van der Waals surface area (Å²) in [5.41, 5.74) is 1.05. The first-order valence-electron chi connectivity index (χ1n) is 9.06. The van der Waals surface area contributed by atoms with E-state index in [4.69, 9.17) is 13.6 Å². The minimum absolute atomic E-state index is 0.00139. The topological polar surface area (TPSA) is 78.9 Å². The van der Waals surface area contributed by atoms with E-state index in [0.717, 1.165) is 24.8 Å². The smallest absolute Gasteiger partial charge is 0.407 e. The van der Waals surface area contributed by atoms with E-state index in [0.29, 0.717) is 17.9 Å². The van der Waals surface area contributed by atoms with Crippen LogP contribution >= 0.6 is 7.82 Å². The van der Waals surface area contributed by atoms with E-state index >= 15 is 0 Å². The van der Waals surface area contributed by atoms with Crippen LogP contribution in [0.4, 0.5) is 0 Å². The monoisotopic (exact) mass is 392 g/mol. The molecule has 0 amide bonds. The van der Waals surface area contributed by atoms with Crippen LogP contribution in [0.5, 0.6) is 0 Å². The standard InChI is InChI=1S/C17H29O6PS/c1-5-21-24(19,22-6-2)23-16-14-10-8-9-13(14)11-15(12(4)18)17(16)25(20)7-3/h13,15,17H,5-11H2,1-4H3/t13-,15-,17+,25?/m1/s1. The molecule has 2 aliphatic rings. The third-order valence-electron chi connectivity index (χ3n) is 4.84. The molecule has 2 rings (SSSR count). The first-order valence-corrected chi connectivity index (χ1v) is 11.9. The molecule has 0 bridgehead atoms. The van der Waals surface area contributed by atoms with E-state index in [1.165, 1.54) is 6.92 Å². The highest BCUT2D eigenvalue weighted by Gasteiger charge is 2.47. The van der Waals surface area contributed by atoms with Crippen molar-refractivity contribution in [2.75, 3.05) is 19.0 Å². The van der Waals surface area contributed by atoms with Crippen molar-refractivity contribution in [2.24, 2.45) is 11.8 Å². The lowest BCUT2D eigenvalue weighted by Gasteiger charge is -2.36. The molecular weight excluding hydrogens is 363 g/mol. The van der Waals surface area contributed by atoms with Crippen LogP contribution < -0.4 is 0 Å². The number of Topliss-reactive ketones (excluding diaryl/α,β-unsaturated/α-hetero) is 1. The molecule has 0 aromatic rings. The molecule has 144 valence electrons. The van der Waals surface area contributed by atoms with Gasteiger partial charge in [-0.15, -0.1) is 0 Å². The van der Waals surface area contributed by atoms with Gasteiger partial charge in [0.15, 0.2) is 0 Å². The lowest BCUT2D eigenvalue weighted by molar-refractivity contribution is -0.121. The number of allylic oxidation sites excluding steroid dienone is 1. The molecule has 0 saturated heterocycles. The summed E-state index contributed by atoms with van der Waals surface area (Å²) in [6, 6.07) is 0. The molecular formula is C17H29O6PS. The molecule has 0 N–H and O–H groups in total. The van der Waals surface area contributed by atoms with Crippen LogP contribution in [-0.4, -0.2) is 34.2 Å². The van der Waals surface area contributed by atoms with Crippen LogP contribution in [0, 0.1) is 11.8 Å². The van der Waals surface area contributed by atoms with Crippen LogP contribution in [0.3, 0.4) is 0 Å². The molecule has 0 radical (unpaired) electrons. The Morgan fingerprint density at radius 2 is 1.88 bits per heavy atom. The number of carbonyl (C=O) groups is 1. The van der Waals surface area contributed by atoms with E-state index in [1.807, 2.05) is 6.92 Å². The highest BCUT2D eigenvalue weighted by molar-refractivity contribution is 7.85. The summed E-state index contributed by atoms with van der Waals surface area (Å²) in [6.07, 6.45) is 3.49. The maximum absolute atomic E-state index is 12.9. The van der Waals surface area contributed by atoms with Gasteiger partial charge >= 0.3 is 7.82 Å². The van der Waals surface area contributed by atoms with E-state index in [1.54, 1.807) is 13.8 Å². The Kier molecular flexibility index (Phi) is 7.44. The van der Waals surface area contributed by atoms with Gasteiger partial charge in [-0.25, -0.2) is 4.57 Å². The lowest BCUT2D eigenvalue weighted by Crippen LogP contribution is -2.39. The predicted molar refractivity (Wildman–Crippen MR) is 97.6 cm³/mol. The molecule has 0 spiro atoms. The second kappa shape index (κ2) is 8.94. The van der Waals surface area contributed by atoms with Crippen LogP contribution in [-0.2, 0) is 33.7 Å². The fraction of sp³-hybridized carbons (Fsp3) is 0.824. The van der Waals surface area contributed by atoms with Crippen LogP contribution in [0.1, 0.15) is 53.4 Å². The number of carbonyl (C=O) groups excluding carboxylic acids is 1. The first kappa shape index (κ1) is 20.8. The van der Waals surface area contributed by atoms with Crippen molar-refractivity contribution in [3.05, 3.63) is 11.3 Å². The Balaban J connectivity index is 2.48. The van der Waals surface area contributed by atoms with Gasteiger partial charge in [0.05, 0.1) is 13.2 Å². The molecule has 4 atom stereocenters. The molecule has 0 aromatic heterocycles. The number of phosphoric acid groups is 1. The van der Waals surface area contributed by atoms with Gasteiger partial charge in [0.1, 0.15) is 16.8 Å². The summed E-state index contributed by atoms with van der Waals surface area (Å²) < 4.78 is 42.1. The third kappa shape index (κ3) is 4.62. The number of hydrogen-bond donors (Lipinski definition) is 0. The van der Waals surface area contributed by atoms with Crippen molar-refractivity contribution < 1.29 is 27.1 Å². The first-order chi connectivity index (χ1) is 11.9. The fourth-order valence-corrected chi connectivity index (χ4v) is 6.62. The quantitative estimate of drug-likeness (QED) is 0.552. The van der Waals surface area contributed by atoms with Gasteiger partial charge in [0, 0.05) is 22.5 Å². The molecule has 25 heavy (non-hydrogen) atoms. The summed E-state index contributed by atoms with van der Waals surface area (Å²) in [4.78, 5) is 12.2. The number of phosphoric ester groups is 1. The van der Waals surface area contributed by atoms with Gasteiger partial charge in [-0.05, 0) is 57.9 Å².